The Kier molecular flexibility index (Phi) is 5.09. The molecule has 1 aromatic carbocycles. The van der Waals surface area contributed by atoms with Gasteiger partial charge in [0.2, 0.25) is 0 Å². The summed E-state index contributed by atoms with van der Waals surface area (Å²) in [5.41, 5.74) is 1.36. The normalized spacial score (nSPS) is 22.8. The number of carbonyl (C=O) groups is 1. The summed E-state index contributed by atoms with van der Waals surface area (Å²) in [7, 11) is -3.04. The quantitative estimate of drug-likeness (QED) is 0.758. The van der Waals surface area contributed by atoms with E-state index in [1.807, 2.05) is 13.0 Å². The number of aldehydes is 1. The third kappa shape index (κ3) is 4.07. The molecule has 1 saturated carbocycles. The van der Waals surface area contributed by atoms with Crippen molar-refractivity contribution >= 4 is 32.1 Å². The molecule has 2 unspecified atom stereocenters. The summed E-state index contributed by atoms with van der Waals surface area (Å²) < 4.78 is 30.2. The van der Waals surface area contributed by atoms with E-state index in [1.54, 1.807) is 6.07 Å². The molecule has 116 valence electrons. The first-order chi connectivity index (χ1) is 9.81. The Morgan fingerprint density at radius 1 is 1.33 bits per heavy atom. The van der Waals surface area contributed by atoms with Crippen molar-refractivity contribution in [3.63, 3.8) is 0 Å². The molecule has 1 aliphatic carbocycles. The predicted molar refractivity (Wildman–Crippen MR) is 85.8 cm³/mol. The topological polar surface area (TPSA) is 60.4 Å². The Morgan fingerprint density at radius 3 is 2.67 bits per heavy atom. The van der Waals surface area contributed by atoms with Crippen molar-refractivity contribution in [1.82, 2.24) is 0 Å². The first-order valence-electron chi connectivity index (χ1n) is 6.92. The van der Waals surface area contributed by atoms with Gasteiger partial charge in [-0.15, -0.1) is 0 Å². The summed E-state index contributed by atoms with van der Waals surface area (Å²) in [6.45, 7) is 1.88. The van der Waals surface area contributed by atoms with Gasteiger partial charge in [-0.25, -0.2) is 8.42 Å². The molecule has 4 nitrogen and oxygen atoms in total. The van der Waals surface area contributed by atoms with Crippen LogP contribution in [-0.2, 0) is 9.84 Å². The van der Waals surface area contributed by atoms with E-state index >= 15 is 0 Å². The van der Waals surface area contributed by atoms with Crippen LogP contribution < -0.4 is 4.74 Å². The number of hydrogen-bond donors (Lipinski definition) is 0. The lowest BCUT2D eigenvalue weighted by atomic mass is 9.97. The van der Waals surface area contributed by atoms with Gasteiger partial charge in [0.05, 0.1) is 16.9 Å². The van der Waals surface area contributed by atoms with Gasteiger partial charge < -0.3 is 4.74 Å². The highest BCUT2D eigenvalue weighted by Crippen LogP contribution is 2.32. The first kappa shape index (κ1) is 16.5. The van der Waals surface area contributed by atoms with Gasteiger partial charge in [-0.05, 0) is 43.9 Å². The molecule has 0 N–H and O–H groups in total. The molecule has 0 amide bonds. The lowest BCUT2D eigenvalue weighted by Crippen LogP contribution is -2.33. The lowest BCUT2D eigenvalue weighted by molar-refractivity contribution is 0.110. The van der Waals surface area contributed by atoms with Gasteiger partial charge in [-0.3, -0.25) is 4.79 Å². The maximum Gasteiger partial charge on any atom is 0.153 e. The highest BCUT2D eigenvalue weighted by atomic mass is 79.9. The second kappa shape index (κ2) is 6.48. The molecule has 0 heterocycles. The van der Waals surface area contributed by atoms with Crippen molar-refractivity contribution in [2.45, 2.75) is 44.0 Å². The minimum Gasteiger partial charge on any atom is -0.489 e. The average Bonchev–Trinajstić information content (AvgIpc) is 2.41. The van der Waals surface area contributed by atoms with Crippen LogP contribution in [0, 0.1) is 6.92 Å². The van der Waals surface area contributed by atoms with E-state index in [9.17, 15) is 13.2 Å². The molecule has 2 rings (SSSR count). The van der Waals surface area contributed by atoms with E-state index in [0.29, 0.717) is 24.2 Å². The monoisotopic (exact) mass is 374 g/mol. The largest absolute Gasteiger partial charge is 0.489 e. The maximum absolute atomic E-state index is 11.7. The van der Waals surface area contributed by atoms with E-state index in [2.05, 4.69) is 15.9 Å². The molecule has 0 spiro atoms. The summed E-state index contributed by atoms with van der Waals surface area (Å²) in [6, 6.07) is 3.60. The van der Waals surface area contributed by atoms with Crippen LogP contribution in [0.15, 0.2) is 16.6 Å². The number of rotatable bonds is 4. The number of ether oxygens (including phenoxy) is 1. The van der Waals surface area contributed by atoms with Crippen LogP contribution in [0.1, 0.15) is 41.6 Å². The van der Waals surface area contributed by atoms with Crippen molar-refractivity contribution in [2.24, 2.45) is 0 Å². The van der Waals surface area contributed by atoms with E-state index < -0.39 is 9.84 Å². The van der Waals surface area contributed by atoms with Crippen LogP contribution in [0.4, 0.5) is 0 Å². The molecule has 6 heteroatoms. The van der Waals surface area contributed by atoms with Crippen molar-refractivity contribution < 1.29 is 17.9 Å². The van der Waals surface area contributed by atoms with Gasteiger partial charge in [0, 0.05) is 17.1 Å². The van der Waals surface area contributed by atoms with Crippen LogP contribution in [-0.4, -0.2) is 32.3 Å². The second-order valence-electron chi connectivity index (χ2n) is 5.62. The van der Waals surface area contributed by atoms with Crippen molar-refractivity contribution in [2.75, 3.05) is 6.26 Å². The zero-order chi connectivity index (χ0) is 15.6. The summed E-state index contributed by atoms with van der Waals surface area (Å²) in [5, 5.41) is -0.341. The Balaban J connectivity index is 2.20. The molecule has 1 aliphatic rings. The van der Waals surface area contributed by atoms with Crippen molar-refractivity contribution in [3.05, 3.63) is 27.7 Å². The summed E-state index contributed by atoms with van der Waals surface area (Å²) in [5.74, 6) is 0.562. The number of halogens is 1. The first-order valence-corrected chi connectivity index (χ1v) is 9.67. The van der Waals surface area contributed by atoms with Gasteiger partial charge >= 0.3 is 0 Å². The molecule has 0 aliphatic heterocycles. The van der Waals surface area contributed by atoms with E-state index in [4.69, 9.17) is 4.74 Å². The van der Waals surface area contributed by atoms with Crippen molar-refractivity contribution in [3.8, 4) is 5.75 Å². The fourth-order valence-electron chi connectivity index (χ4n) is 2.77. The molecule has 2 atom stereocenters. The van der Waals surface area contributed by atoms with E-state index in [-0.39, 0.29) is 11.4 Å². The Hall–Kier alpha value is -0.880. The molecule has 0 saturated heterocycles. The number of benzene rings is 1. The molecular weight excluding hydrogens is 356 g/mol. The number of sulfone groups is 1. The van der Waals surface area contributed by atoms with Crippen LogP contribution >= 0.6 is 15.9 Å². The average molecular weight is 375 g/mol. The summed E-state index contributed by atoms with van der Waals surface area (Å²) >= 11 is 3.36. The van der Waals surface area contributed by atoms with Crippen molar-refractivity contribution in [1.29, 1.82) is 0 Å². The molecule has 21 heavy (non-hydrogen) atoms. The molecule has 1 aromatic rings. The van der Waals surface area contributed by atoms with Gasteiger partial charge in [-0.2, -0.15) is 0 Å². The Morgan fingerprint density at radius 2 is 2.05 bits per heavy atom. The van der Waals surface area contributed by atoms with Gasteiger partial charge in [0.15, 0.2) is 6.29 Å². The number of hydrogen-bond acceptors (Lipinski definition) is 4. The zero-order valence-electron chi connectivity index (χ0n) is 12.1. The summed E-state index contributed by atoms with van der Waals surface area (Å²) in [4.78, 5) is 11.2. The number of carbonyl (C=O) groups excluding carboxylic acids is 1. The SMILES string of the molecule is Cc1cc(Br)cc(C=O)c1OC1CCCC(S(C)(=O)=O)C1. The molecule has 0 aromatic heterocycles. The van der Waals surface area contributed by atoms with Gasteiger partial charge in [0.1, 0.15) is 15.6 Å². The van der Waals surface area contributed by atoms with Gasteiger partial charge in [-0.1, -0.05) is 15.9 Å². The molecule has 0 bridgehead atoms. The van der Waals surface area contributed by atoms with Crippen LogP contribution in [0.5, 0.6) is 5.75 Å². The third-order valence-electron chi connectivity index (χ3n) is 3.86. The highest BCUT2D eigenvalue weighted by molar-refractivity contribution is 9.10. The zero-order valence-corrected chi connectivity index (χ0v) is 14.5. The van der Waals surface area contributed by atoms with Crippen LogP contribution in [0.2, 0.25) is 0 Å². The fraction of sp³-hybridized carbons (Fsp3) is 0.533. The fourth-order valence-corrected chi connectivity index (χ4v) is 4.52. The minimum absolute atomic E-state index is 0.156. The van der Waals surface area contributed by atoms with Gasteiger partial charge in [0.25, 0.3) is 0 Å². The third-order valence-corrected chi connectivity index (χ3v) is 5.96. The lowest BCUT2D eigenvalue weighted by Gasteiger charge is -2.29. The molecular formula is C15H19BrO4S. The smallest absolute Gasteiger partial charge is 0.153 e. The Labute approximate surface area is 133 Å². The summed E-state index contributed by atoms with van der Waals surface area (Å²) in [6.07, 6.45) is 4.72. The van der Waals surface area contributed by atoms with E-state index in [0.717, 1.165) is 29.2 Å². The predicted octanol–water partition coefficient (Wildman–Crippen LogP) is 3.30. The highest BCUT2D eigenvalue weighted by Gasteiger charge is 2.30. The van der Waals surface area contributed by atoms with Crippen LogP contribution in [0.3, 0.4) is 0 Å². The minimum atomic E-state index is -3.04. The Bertz CT molecular complexity index is 639. The molecule has 1 fully saturated rings. The van der Waals surface area contributed by atoms with Crippen LogP contribution in [0.25, 0.3) is 0 Å². The van der Waals surface area contributed by atoms with E-state index in [1.165, 1.54) is 6.26 Å². The molecule has 0 radical (unpaired) electrons. The standard InChI is InChI=1S/C15H19BrO4S/c1-10-6-12(16)7-11(9-17)15(10)20-13-4-3-5-14(8-13)21(2,18)19/h6-7,9,13-14H,3-5,8H2,1-2H3. The second-order valence-corrected chi connectivity index (χ2v) is 8.86. The maximum atomic E-state index is 11.7. The number of aryl methyl sites for hydroxylation is 1.